The summed E-state index contributed by atoms with van der Waals surface area (Å²) in [5, 5.41) is 14.2. The van der Waals surface area contributed by atoms with E-state index in [0.717, 1.165) is 49.7 Å². The first-order chi connectivity index (χ1) is 23.2. The number of alkyl halides is 4. The molecule has 4 aliphatic carbocycles. The van der Waals surface area contributed by atoms with Gasteiger partial charge in [0.15, 0.2) is 22.7 Å². The van der Waals surface area contributed by atoms with Crippen molar-refractivity contribution in [2.24, 2.45) is 17.1 Å². The summed E-state index contributed by atoms with van der Waals surface area (Å²) in [5.41, 5.74) is 1.42. The van der Waals surface area contributed by atoms with Gasteiger partial charge in [-0.15, -0.1) is 0 Å². The number of halogens is 4. The molecule has 2 bridgehead atoms. The third kappa shape index (κ3) is 6.85. The minimum Gasteiger partial charge on any atom is -0.478 e. The van der Waals surface area contributed by atoms with E-state index in [1.54, 1.807) is 30.9 Å². The Hall–Kier alpha value is -4.00. The summed E-state index contributed by atoms with van der Waals surface area (Å²) in [6, 6.07) is 14.6. The van der Waals surface area contributed by atoms with Crippen molar-refractivity contribution in [1.82, 2.24) is 10.1 Å². The second kappa shape index (κ2) is 12.3. The Balaban J connectivity index is 1.23. The quantitative estimate of drug-likeness (QED) is 0.201. The maximum absolute atomic E-state index is 14.5. The van der Waals surface area contributed by atoms with E-state index in [0.29, 0.717) is 23.8 Å². The number of nitrogens with zero attached hydrogens (tertiary/aromatic N) is 3. The van der Waals surface area contributed by atoms with Gasteiger partial charge in [0.2, 0.25) is 5.91 Å². The van der Waals surface area contributed by atoms with E-state index in [2.05, 4.69) is 10.1 Å². The summed E-state index contributed by atoms with van der Waals surface area (Å²) < 4.78 is 65.7. The van der Waals surface area contributed by atoms with Gasteiger partial charge in [0.05, 0.1) is 0 Å². The van der Waals surface area contributed by atoms with Crippen LogP contribution >= 0.6 is 0 Å². The topological polar surface area (TPSA) is 132 Å². The molecule has 0 aliphatic heterocycles. The predicted octanol–water partition coefficient (Wildman–Crippen LogP) is 7.30. The van der Waals surface area contributed by atoms with Crippen LogP contribution in [0, 0.1) is 11.3 Å². The molecule has 13 heteroatoms. The van der Waals surface area contributed by atoms with Gasteiger partial charge in [0.25, 0.3) is 11.8 Å². The van der Waals surface area contributed by atoms with E-state index in [9.17, 15) is 32.3 Å². The van der Waals surface area contributed by atoms with Gasteiger partial charge in [-0.3, -0.25) is 9.59 Å². The number of aromatic nitrogens is 2. The number of primary amides is 1. The molecule has 2 amide bonds. The molecule has 4 aliphatic rings. The average molecular weight is 701 g/mol. The normalized spacial score (nSPS) is 26.7. The van der Waals surface area contributed by atoms with Crippen LogP contribution in [0.1, 0.15) is 97.2 Å². The van der Waals surface area contributed by atoms with E-state index in [1.165, 1.54) is 13.8 Å². The highest BCUT2D eigenvalue weighted by atomic mass is 19.4. The van der Waals surface area contributed by atoms with E-state index in [-0.39, 0.29) is 29.0 Å². The summed E-state index contributed by atoms with van der Waals surface area (Å²) >= 11 is 0. The molecule has 4 fully saturated rings. The second-order valence-corrected chi connectivity index (χ2v) is 15.7. The molecule has 0 radical (unpaired) electrons. The first-order valence-corrected chi connectivity index (χ1v) is 17.1. The molecular weight excluding hydrogens is 656 g/mol. The highest BCUT2D eigenvalue weighted by Crippen LogP contribution is 2.58. The van der Waals surface area contributed by atoms with Crippen LogP contribution in [0.5, 0.6) is 5.75 Å². The van der Waals surface area contributed by atoms with Crippen LogP contribution in [0.4, 0.5) is 23.2 Å². The van der Waals surface area contributed by atoms with Gasteiger partial charge >= 0.3 is 6.18 Å². The maximum atomic E-state index is 14.5. The minimum atomic E-state index is -4.74. The number of benzene rings is 2. The molecule has 2 aromatic carbocycles. The highest BCUT2D eigenvalue weighted by molar-refractivity contribution is 5.94. The monoisotopic (exact) mass is 700 g/mol. The lowest BCUT2D eigenvalue weighted by Crippen LogP contribution is -2.56. The number of fused-ring (bicyclic) bond motifs is 3. The van der Waals surface area contributed by atoms with Crippen molar-refractivity contribution in [1.29, 1.82) is 0 Å². The largest absolute Gasteiger partial charge is 0.478 e. The van der Waals surface area contributed by atoms with Gasteiger partial charge in [0, 0.05) is 24.1 Å². The van der Waals surface area contributed by atoms with E-state index >= 15 is 0 Å². The zero-order chi connectivity index (χ0) is 36.3. The molecule has 4 saturated carbocycles. The van der Waals surface area contributed by atoms with E-state index in [4.69, 9.17) is 15.0 Å². The molecule has 270 valence electrons. The van der Waals surface area contributed by atoms with Gasteiger partial charge in [0.1, 0.15) is 5.75 Å². The number of carbonyl (C=O) groups excluding carboxylic acids is 2. The van der Waals surface area contributed by atoms with Gasteiger partial charge in [-0.25, -0.2) is 4.39 Å². The third-order valence-corrected chi connectivity index (χ3v) is 11.2. The summed E-state index contributed by atoms with van der Waals surface area (Å²) in [7, 11) is 0. The van der Waals surface area contributed by atoms with Crippen LogP contribution in [0.3, 0.4) is 0 Å². The Morgan fingerprint density at radius 1 is 0.960 bits per heavy atom. The average Bonchev–Trinajstić information content (AvgIpc) is 3.56. The fourth-order valence-corrected chi connectivity index (χ4v) is 7.72. The lowest BCUT2D eigenvalue weighted by molar-refractivity contribution is -0.298. The van der Waals surface area contributed by atoms with Crippen molar-refractivity contribution in [3.8, 4) is 16.9 Å². The van der Waals surface area contributed by atoms with Crippen LogP contribution < -0.4 is 15.4 Å². The Morgan fingerprint density at radius 3 is 2.12 bits per heavy atom. The molecule has 7 rings (SSSR count). The third-order valence-electron chi connectivity index (χ3n) is 11.2. The summed E-state index contributed by atoms with van der Waals surface area (Å²) in [6.07, 6.45) is -1.37. The van der Waals surface area contributed by atoms with E-state index in [1.807, 2.05) is 36.4 Å². The minimum absolute atomic E-state index is 0.0500. The van der Waals surface area contributed by atoms with Crippen LogP contribution in [0.25, 0.3) is 11.1 Å². The summed E-state index contributed by atoms with van der Waals surface area (Å²) in [4.78, 5) is 31.9. The van der Waals surface area contributed by atoms with Gasteiger partial charge in [-0.2, -0.15) is 18.2 Å². The Kier molecular flexibility index (Phi) is 8.84. The summed E-state index contributed by atoms with van der Waals surface area (Å²) in [6.45, 7) is 6.29. The van der Waals surface area contributed by atoms with Gasteiger partial charge in [-0.1, -0.05) is 29.4 Å². The molecule has 0 unspecified atom stereocenters. The van der Waals surface area contributed by atoms with Crippen LogP contribution in [0.2, 0.25) is 0 Å². The number of anilines is 1. The first kappa shape index (κ1) is 35.8. The lowest BCUT2D eigenvalue weighted by atomic mass is 9.53. The van der Waals surface area contributed by atoms with Crippen LogP contribution in [-0.4, -0.2) is 51.0 Å². The van der Waals surface area contributed by atoms with Crippen molar-refractivity contribution in [2.45, 2.75) is 114 Å². The van der Waals surface area contributed by atoms with Gasteiger partial charge in [-0.05, 0) is 126 Å². The fraction of sp³-hybridized carbons (Fsp3) is 0.568. The number of hydrogen-bond acceptors (Lipinski definition) is 7. The lowest BCUT2D eigenvalue weighted by Gasteiger charge is -2.53. The zero-order valence-electron chi connectivity index (χ0n) is 28.8. The highest BCUT2D eigenvalue weighted by Gasteiger charge is 2.61. The molecular formula is C37H44F4N4O5. The van der Waals surface area contributed by atoms with Crippen molar-refractivity contribution >= 4 is 17.5 Å². The molecule has 3 N–H and O–H groups in total. The van der Waals surface area contributed by atoms with Gasteiger partial charge < -0.3 is 25.0 Å². The summed E-state index contributed by atoms with van der Waals surface area (Å²) in [5.74, 6) is -0.560. The molecule has 3 aromatic rings. The van der Waals surface area contributed by atoms with E-state index < -0.39 is 47.7 Å². The smallest absolute Gasteiger partial charge is 0.417 e. The number of carbonyl (C=O) groups is 2. The maximum Gasteiger partial charge on any atom is 0.417 e. The zero-order valence-corrected chi connectivity index (χ0v) is 28.8. The van der Waals surface area contributed by atoms with Crippen molar-refractivity contribution in [2.75, 3.05) is 11.4 Å². The SMILES string of the molecule is CC(C)(Oc1ccc(-c2cccc(N(CC34CCC(c5noc(C(C)(C)F)n5)(CC3)CC4)C(=O)CC3CC(O)(C(F)(F)F)C3)c2)cc1)C(N)=O. The Bertz CT molecular complexity index is 1720. The standard InChI is InChI=1S/C37H44F4N4O5/c1-32(2,38)31-43-30(44-50-31)35-15-12-34(13-16-35,14-17-35)22-45(28(46)18-23-20-36(48,21-23)37(39,40)41)26-7-5-6-25(19-26)24-8-10-27(11-9-24)49-33(3,4)29(42)47/h5-11,19,23,48H,12-18,20-22H2,1-4H3,(H2,42,47). The number of amides is 2. The fourth-order valence-electron chi connectivity index (χ4n) is 7.72. The van der Waals surface area contributed by atoms with Crippen molar-refractivity contribution in [3.63, 3.8) is 0 Å². The molecule has 1 aromatic heterocycles. The van der Waals surface area contributed by atoms with Crippen molar-refractivity contribution in [3.05, 3.63) is 60.2 Å². The number of hydrogen-bond donors (Lipinski definition) is 2. The number of ether oxygens (including phenoxy) is 1. The number of rotatable bonds is 11. The molecule has 50 heavy (non-hydrogen) atoms. The molecule has 0 saturated heterocycles. The first-order valence-electron chi connectivity index (χ1n) is 17.1. The molecule has 0 atom stereocenters. The molecule has 9 nitrogen and oxygen atoms in total. The number of aliphatic hydroxyl groups is 1. The predicted molar refractivity (Wildman–Crippen MR) is 177 cm³/mol. The Labute approximate surface area is 288 Å². The second-order valence-electron chi connectivity index (χ2n) is 15.7. The van der Waals surface area contributed by atoms with Crippen LogP contribution in [-0.2, 0) is 20.7 Å². The van der Waals surface area contributed by atoms with Crippen molar-refractivity contribution < 1.29 is 41.5 Å². The molecule has 0 spiro atoms. The Morgan fingerprint density at radius 2 is 1.58 bits per heavy atom. The van der Waals surface area contributed by atoms with Crippen LogP contribution in [0.15, 0.2) is 53.1 Å². The molecule has 1 heterocycles. The number of nitrogens with two attached hydrogens (primary N) is 1.